The molecule has 0 aliphatic carbocycles. The van der Waals surface area contributed by atoms with Gasteiger partial charge in [-0.3, -0.25) is 14.5 Å². The first-order chi connectivity index (χ1) is 12.4. The highest BCUT2D eigenvalue weighted by Crippen LogP contribution is 2.24. The lowest BCUT2D eigenvalue weighted by Gasteiger charge is -2.34. The molecule has 2 aromatic rings. The zero-order chi connectivity index (χ0) is 18.7. The van der Waals surface area contributed by atoms with Crippen molar-refractivity contribution in [3.05, 3.63) is 50.1 Å². The van der Waals surface area contributed by atoms with Gasteiger partial charge in [-0.1, -0.05) is 12.1 Å². The molecule has 0 radical (unpaired) electrons. The SMILES string of the molecule is Cc1cccc(NC(=O)CN2CCN(C(=O)c3ccc(Br)s3)CC2)c1C. The van der Waals surface area contributed by atoms with E-state index in [1.54, 1.807) is 0 Å². The summed E-state index contributed by atoms with van der Waals surface area (Å²) in [6.45, 7) is 7.10. The van der Waals surface area contributed by atoms with Gasteiger partial charge >= 0.3 is 0 Å². The average molecular weight is 436 g/mol. The number of carbonyl (C=O) groups excluding carboxylic acids is 2. The van der Waals surface area contributed by atoms with E-state index in [0.717, 1.165) is 25.5 Å². The molecule has 7 heteroatoms. The van der Waals surface area contributed by atoms with Gasteiger partial charge in [0.2, 0.25) is 5.91 Å². The number of hydrogen-bond acceptors (Lipinski definition) is 4. The Morgan fingerprint density at radius 3 is 2.50 bits per heavy atom. The van der Waals surface area contributed by atoms with E-state index in [9.17, 15) is 9.59 Å². The molecule has 0 atom stereocenters. The van der Waals surface area contributed by atoms with Gasteiger partial charge in [-0.2, -0.15) is 0 Å². The maximum atomic E-state index is 12.5. The maximum Gasteiger partial charge on any atom is 0.264 e. The van der Waals surface area contributed by atoms with E-state index in [1.807, 2.05) is 49.1 Å². The topological polar surface area (TPSA) is 52.7 Å². The number of amides is 2. The summed E-state index contributed by atoms with van der Waals surface area (Å²) >= 11 is 4.85. The Labute approximate surface area is 166 Å². The first kappa shape index (κ1) is 19.1. The molecule has 3 rings (SSSR count). The van der Waals surface area contributed by atoms with Crippen LogP contribution in [0, 0.1) is 13.8 Å². The van der Waals surface area contributed by atoms with E-state index in [0.29, 0.717) is 32.7 Å². The van der Waals surface area contributed by atoms with Gasteiger partial charge < -0.3 is 10.2 Å². The summed E-state index contributed by atoms with van der Waals surface area (Å²) in [4.78, 5) is 29.5. The van der Waals surface area contributed by atoms with Crippen LogP contribution in [0.15, 0.2) is 34.1 Å². The third-order valence-electron chi connectivity index (χ3n) is 4.69. The molecule has 0 bridgehead atoms. The third kappa shape index (κ3) is 4.52. The van der Waals surface area contributed by atoms with Crippen molar-refractivity contribution in [2.75, 3.05) is 38.0 Å². The number of carbonyl (C=O) groups is 2. The number of benzene rings is 1. The lowest BCUT2D eigenvalue weighted by atomic mass is 10.1. The first-order valence-electron chi connectivity index (χ1n) is 8.57. The van der Waals surface area contributed by atoms with E-state index < -0.39 is 0 Å². The zero-order valence-electron chi connectivity index (χ0n) is 14.9. The van der Waals surface area contributed by atoms with Gasteiger partial charge in [0.15, 0.2) is 0 Å². The van der Waals surface area contributed by atoms with Gasteiger partial charge in [0.05, 0.1) is 15.2 Å². The molecule has 5 nitrogen and oxygen atoms in total. The normalized spacial score (nSPS) is 15.1. The summed E-state index contributed by atoms with van der Waals surface area (Å²) < 4.78 is 0.961. The number of halogens is 1. The number of hydrogen-bond donors (Lipinski definition) is 1. The number of anilines is 1. The average Bonchev–Trinajstić information content (AvgIpc) is 3.05. The zero-order valence-corrected chi connectivity index (χ0v) is 17.3. The molecule has 1 aliphatic rings. The highest BCUT2D eigenvalue weighted by atomic mass is 79.9. The molecule has 0 saturated carbocycles. The summed E-state index contributed by atoms with van der Waals surface area (Å²) in [5.74, 6) is 0.0563. The predicted octanol–water partition coefficient (Wildman–Crippen LogP) is 3.52. The third-order valence-corrected chi connectivity index (χ3v) is 6.30. The quantitative estimate of drug-likeness (QED) is 0.798. The van der Waals surface area contributed by atoms with Crippen LogP contribution in [-0.2, 0) is 4.79 Å². The Balaban J connectivity index is 1.50. The van der Waals surface area contributed by atoms with Crippen LogP contribution in [0.3, 0.4) is 0 Å². The molecule has 2 heterocycles. The van der Waals surface area contributed by atoms with Gasteiger partial charge in [-0.15, -0.1) is 11.3 Å². The lowest BCUT2D eigenvalue weighted by Crippen LogP contribution is -2.50. The van der Waals surface area contributed by atoms with Crippen molar-refractivity contribution in [1.82, 2.24) is 9.80 Å². The summed E-state index contributed by atoms with van der Waals surface area (Å²) in [6.07, 6.45) is 0. The van der Waals surface area contributed by atoms with Gasteiger partial charge in [-0.05, 0) is 59.1 Å². The Morgan fingerprint density at radius 2 is 1.85 bits per heavy atom. The van der Waals surface area contributed by atoms with E-state index in [-0.39, 0.29) is 11.8 Å². The van der Waals surface area contributed by atoms with Crippen LogP contribution < -0.4 is 5.32 Å². The van der Waals surface area contributed by atoms with Crippen molar-refractivity contribution >= 4 is 44.8 Å². The van der Waals surface area contributed by atoms with Crippen LogP contribution in [0.2, 0.25) is 0 Å². The molecule has 2 amide bonds. The Kier molecular flexibility index (Phi) is 6.11. The molecular weight excluding hydrogens is 414 g/mol. The Hall–Kier alpha value is -1.70. The van der Waals surface area contributed by atoms with E-state index >= 15 is 0 Å². The molecule has 1 aromatic heterocycles. The minimum Gasteiger partial charge on any atom is -0.335 e. The van der Waals surface area contributed by atoms with Crippen LogP contribution in [-0.4, -0.2) is 54.3 Å². The predicted molar refractivity (Wildman–Crippen MR) is 109 cm³/mol. The summed E-state index contributed by atoms with van der Waals surface area (Å²) in [6, 6.07) is 9.65. The smallest absolute Gasteiger partial charge is 0.264 e. The molecule has 1 aliphatic heterocycles. The maximum absolute atomic E-state index is 12.5. The van der Waals surface area contributed by atoms with E-state index in [4.69, 9.17) is 0 Å². The van der Waals surface area contributed by atoms with Crippen molar-refractivity contribution in [1.29, 1.82) is 0 Å². The molecule has 0 spiro atoms. The second kappa shape index (κ2) is 8.33. The van der Waals surface area contributed by atoms with Crippen molar-refractivity contribution in [3.63, 3.8) is 0 Å². The first-order valence-corrected chi connectivity index (χ1v) is 10.2. The number of nitrogens with zero attached hydrogens (tertiary/aromatic N) is 2. The van der Waals surface area contributed by atoms with Crippen LogP contribution in [0.4, 0.5) is 5.69 Å². The minimum absolute atomic E-state index is 0.0133. The fourth-order valence-electron chi connectivity index (χ4n) is 2.97. The fraction of sp³-hybridized carbons (Fsp3) is 0.368. The minimum atomic E-state index is -0.0133. The monoisotopic (exact) mass is 435 g/mol. The second-order valence-corrected chi connectivity index (χ2v) is 8.93. The highest BCUT2D eigenvalue weighted by Gasteiger charge is 2.24. The Bertz CT molecular complexity index is 813. The molecule has 1 saturated heterocycles. The molecule has 1 N–H and O–H groups in total. The van der Waals surface area contributed by atoms with Gasteiger partial charge in [-0.25, -0.2) is 0 Å². The Morgan fingerprint density at radius 1 is 1.12 bits per heavy atom. The number of rotatable bonds is 4. The van der Waals surface area contributed by atoms with Crippen LogP contribution in [0.5, 0.6) is 0 Å². The molecule has 0 unspecified atom stereocenters. The number of piperazine rings is 1. The number of aryl methyl sites for hydroxylation is 1. The van der Waals surface area contributed by atoms with Crippen molar-refractivity contribution < 1.29 is 9.59 Å². The van der Waals surface area contributed by atoms with Crippen molar-refractivity contribution in [2.45, 2.75) is 13.8 Å². The second-order valence-electron chi connectivity index (χ2n) is 6.47. The fourth-order valence-corrected chi connectivity index (χ4v) is 4.33. The van der Waals surface area contributed by atoms with Gasteiger partial charge in [0.1, 0.15) is 0 Å². The molecule has 1 aromatic carbocycles. The van der Waals surface area contributed by atoms with E-state index in [1.165, 1.54) is 11.3 Å². The van der Waals surface area contributed by atoms with Crippen LogP contribution >= 0.6 is 27.3 Å². The molecular formula is C19H22BrN3O2S. The van der Waals surface area contributed by atoms with Crippen LogP contribution in [0.1, 0.15) is 20.8 Å². The molecule has 26 heavy (non-hydrogen) atoms. The highest BCUT2D eigenvalue weighted by molar-refractivity contribution is 9.11. The van der Waals surface area contributed by atoms with Gasteiger partial charge in [0, 0.05) is 31.9 Å². The summed E-state index contributed by atoms with van der Waals surface area (Å²) in [5, 5.41) is 3.00. The summed E-state index contributed by atoms with van der Waals surface area (Å²) in [5.41, 5.74) is 3.13. The lowest BCUT2D eigenvalue weighted by molar-refractivity contribution is -0.117. The summed E-state index contributed by atoms with van der Waals surface area (Å²) in [7, 11) is 0. The molecule has 1 fully saturated rings. The standard InChI is InChI=1S/C19H22BrN3O2S/c1-13-4-3-5-15(14(13)2)21-18(24)12-22-8-10-23(11-9-22)19(25)16-6-7-17(20)26-16/h3-7H,8-12H2,1-2H3,(H,21,24). The van der Waals surface area contributed by atoms with E-state index in [2.05, 4.69) is 26.1 Å². The molecule has 138 valence electrons. The van der Waals surface area contributed by atoms with Crippen molar-refractivity contribution in [3.8, 4) is 0 Å². The number of thiophene rings is 1. The van der Waals surface area contributed by atoms with Crippen molar-refractivity contribution in [2.24, 2.45) is 0 Å². The number of nitrogens with one attached hydrogen (secondary N) is 1. The largest absolute Gasteiger partial charge is 0.335 e. The van der Waals surface area contributed by atoms with Crippen LogP contribution in [0.25, 0.3) is 0 Å². The van der Waals surface area contributed by atoms with Gasteiger partial charge in [0.25, 0.3) is 5.91 Å².